The smallest absolute Gasteiger partial charge is 0.222 e. The maximum absolute atomic E-state index is 13.2. The van der Waals surface area contributed by atoms with E-state index in [2.05, 4.69) is 46.6 Å². The van der Waals surface area contributed by atoms with E-state index in [1.807, 2.05) is 6.20 Å². The summed E-state index contributed by atoms with van der Waals surface area (Å²) in [5.41, 5.74) is 4.91. The number of carbonyl (C=O) groups excluding carboxylic acids is 1. The van der Waals surface area contributed by atoms with Gasteiger partial charge in [-0.15, -0.1) is 0 Å². The molecule has 3 aliphatic rings. The molecule has 1 saturated carbocycles. The van der Waals surface area contributed by atoms with Gasteiger partial charge in [0, 0.05) is 55.5 Å². The third-order valence-corrected chi connectivity index (χ3v) is 7.58. The minimum absolute atomic E-state index is 0.260. The highest BCUT2D eigenvalue weighted by Gasteiger charge is 2.26. The van der Waals surface area contributed by atoms with E-state index in [-0.39, 0.29) is 5.91 Å². The number of hydrogen-bond donors (Lipinski definition) is 1. The van der Waals surface area contributed by atoms with Gasteiger partial charge < -0.3 is 10.2 Å². The van der Waals surface area contributed by atoms with Crippen LogP contribution in [0.4, 0.5) is 5.82 Å². The number of amides is 1. The van der Waals surface area contributed by atoms with Gasteiger partial charge in [0.25, 0.3) is 0 Å². The predicted octanol–water partition coefficient (Wildman–Crippen LogP) is 5.36. The summed E-state index contributed by atoms with van der Waals surface area (Å²) in [7, 11) is 0. The molecular weight excluding hydrogens is 408 g/mol. The van der Waals surface area contributed by atoms with Crippen LogP contribution < -0.4 is 5.32 Å². The number of carbonyl (C=O) groups is 1. The molecule has 1 N–H and O–H groups in total. The highest BCUT2D eigenvalue weighted by molar-refractivity contribution is 6.07. The largest absolute Gasteiger partial charge is 0.367 e. The van der Waals surface area contributed by atoms with Crippen LogP contribution in [0, 0.1) is 0 Å². The Morgan fingerprint density at radius 1 is 1.03 bits per heavy atom. The number of rotatable bonds is 6. The first-order chi connectivity index (χ1) is 16.3. The van der Waals surface area contributed by atoms with Gasteiger partial charge in [0.05, 0.1) is 0 Å². The van der Waals surface area contributed by atoms with Gasteiger partial charge in [-0.3, -0.25) is 9.79 Å². The number of aromatic nitrogens is 1. The number of likely N-dealkylation sites (tertiary alicyclic amines) is 1. The first kappa shape index (κ1) is 22.1. The molecule has 5 heteroatoms. The fourth-order valence-electron chi connectivity index (χ4n) is 5.76. The Morgan fingerprint density at radius 2 is 1.88 bits per heavy atom. The molecule has 1 aromatic carbocycles. The van der Waals surface area contributed by atoms with Gasteiger partial charge in [-0.2, -0.15) is 0 Å². The van der Waals surface area contributed by atoms with Crippen molar-refractivity contribution in [3.8, 4) is 0 Å². The van der Waals surface area contributed by atoms with Gasteiger partial charge in [0.2, 0.25) is 5.91 Å². The van der Waals surface area contributed by atoms with Crippen molar-refractivity contribution in [3.05, 3.63) is 59.3 Å². The van der Waals surface area contributed by atoms with E-state index in [9.17, 15) is 4.79 Å². The second-order valence-corrected chi connectivity index (χ2v) is 9.84. The van der Waals surface area contributed by atoms with Crippen LogP contribution in [-0.4, -0.2) is 47.2 Å². The molecule has 33 heavy (non-hydrogen) atoms. The van der Waals surface area contributed by atoms with Gasteiger partial charge in [0.1, 0.15) is 5.82 Å². The number of hydrogen-bond acceptors (Lipinski definition) is 4. The zero-order valence-corrected chi connectivity index (χ0v) is 19.6. The van der Waals surface area contributed by atoms with Crippen LogP contribution in [0.25, 0.3) is 0 Å². The molecule has 0 bridgehead atoms. The van der Waals surface area contributed by atoms with E-state index in [4.69, 9.17) is 9.98 Å². The highest BCUT2D eigenvalue weighted by atomic mass is 16.2. The molecule has 1 aliphatic carbocycles. The highest BCUT2D eigenvalue weighted by Crippen LogP contribution is 2.30. The van der Waals surface area contributed by atoms with Crippen molar-refractivity contribution >= 4 is 17.4 Å². The van der Waals surface area contributed by atoms with Crippen LogP contribution in [0.1, 0.15) is 80.4 Å². The molecule has 2 aliphatic heterocycles. The average Bonchev–Trinajstić information content (AvgIpc) is 2.88. The van der Waals surface area contributed by atoms with E-state index in [1.54, 1.807) is 0 Å². The third-order valence-electron chi connectivity index (χ3n) is 7.58. The normalized spacial score (nSPS) is 21.3. The molecule has 1 unspecified atom stereocenters. The van der Waals surface area contributed by atoms with Crippen molar-refractivity contribution in [2.75, 3.05) is 25.0 Å². The quantitative estimate of drug-likeness (QED) is 0.653. The number of fused-ring (bicyclic) bond motifs is 1. The maximum Gasteiger partial charge on any atom is 0.222 e. The predicted molar refractivity (Wildman–Crippen MR) is 134 cm³/mol. The van der Waals surface area contributed by atoms with Gasteiger partial charge in [-0.05, 0) is 55.7 Å². The molecule has 1 saturated heterocycles. The standard InChI is InChI=1S/C28H36N4O/c33-26(32-19-7-10-23(20-32)21-8-3-1-4-9-21)14-13-25-27-22(15-17-29-25)16-18-30-28(27)31-24-11-5-2-6-12-24/h1,3-4,8-9,16,18,23-24H,2,5-7,10-15,17,19-20H2,(H,30,31). The lowest BCUT2D eigenvalue weighted by atomic mass is 9.90. The lowest BCUT2D eigenvalue weighted by Crippen LogP contribution is -2.39. The SMILES string of the molecule is O=C(CCC1=NCCc2ccnc(NC3CCCCC3)c21)N1CCCC(c2ccccc2)C1. The molecule has 1 amide bonds. The Balaban J connectivity index is 1.24. The summed E-state index contributed by atoms with van der Waals surface area (Å²) in [6.07, 6.45) is 12.7. The fraction of sp³-hybridized carbons (Fsp3) is 0.536. The number of aliphatic imine (C=N–C) groups is 1. The molecular formula is C28H36N4O. The summed E-state index contributed by atoms with van der Waals surface area (Å²) in [6.45, 7) is 2.52. The van der Waals surface area contributed by atoms with Crippen molar-refractivity contribution in [2.24, 2.45) is 4.99 Å². The molecule has 174 valence electrons. The van der Waals surface area contributed by atoms with Crippen molar-refractivity contribution < 1.29 is 4.79 Å². The Bertz CT molecular complexity index is 981. The number of benzene rings is 1. The average molecular weight is 445 g/mol. The Morgan fingerprint density at radius 3 is 2.73 bits per heavy atom. The van der Waals surface area contributed by atoms with Crippen LogP contribution in [0.3, 0.4) is 0 Å². The summed E-state index contributed by atoms with van der Waals surface area (Å²) in [6, 6.07) is 13.3. The monoisotopic (exact) mass is 444 g/mol. The zero-order chi connectivity index (χ0) is 22.5. The molecule has 0 radical (unpaired) electrons. The van der Waals surface area contributed by atoms with E-state index in [1.165, 1.54) is 48.8 Å². The van der Waals surface area contributed by atoms with Gasteiger partial charge >= 0.3 is 0 Å². The minimum Gasteiger partial charge on any atom is -0.367 e. The minimum atomic E-state index is 0.260. The van der Waals surface area contributed by atoms with Crippen molar-refractivity contribution in [2.45, 2.75) is 76.2 Å². The topological polar surface area (TPSA) is 57.6 Å². The van der Waals surface area contributed by atoms with Crippen LogP contribution >= 0.6 is 0 Å². The van der Waals surface area contributed by atoms with Crippen molar-refractivity contribution in [1.29, 1.82) is 0 Å². The molecule has 0 spiro atoms. The fourth-order valence-corrected chi connectivity index (χ4v) is 5.76. The number of nitrogens with one attached hydrogen (secondary N) is 1. The summed E-state index contributed by atoms with van der Waals surface area (Å²) in [4.78, 5) is 24.8. The first-order valence-corrected chi connectivity index (χ1v) is 12.9. The summed E-state index contributed by atoms with van der Waals surface area (Å²) in [5.74, 6) is 1.69. The molecule has 1 aromatic heterocycles. The summed E-state index contributed by atoms with van der Waals surface area (Å²) in [5, 5.41) is 3.73. The van der Waals surface area contributed by atoms with Crippen LogP contribution in [0.15, 0.2) is 47.6 Å². The van der Waals surface area contributed by atoms with E-state index in [0.717, 1.165) is 50.4 Å². The van der Waals surface area contributed by atoms with Crippen LogP contribution in [-0.2, 0) is 11.2 Å². The van der Waals surface area contributed by atoms with E-state index >= 15 is 0 Å². The van der Waals surface area contributed by atoms with E-state index in [0.29, 0.717) is 24.8 Å². The number of pyridine rings is 1. The van der Waals surface area contributed by atoms with Gasteiger partial charge in [-0.1, -0.05) is 49.6 Å². The Hall–Kier alpha value is -2.69. The molecule has 3 heterocycles. The summed E-state index contributed by atoms with van der Waals surface area (Å²) < 4.78 is 0. The summed E-state index contributed by atoms with van der Waals surface area (Å²) >= 11 is 0. The Labute approximate surface area is 197 Å². The Kier molecular flexibility index (Phi) is 7.03. The molecule has 5 rings (SSSR count). The van der Waals surface area contributed by atoms with Gasteiger partial charge in [0.15, 0.2) is 0 Å². The zero-order valence-electron chi connectivity index (χ0n) is 19.6. The lowest BCUT2D eigenvalue weighted by Gasteiger charge is -2.33. The number of piperidine rings is 1. The molecule has 2 aromatic rings. The lowest BCUT2D eigenvalue weighted by molar-refractivity contribution is -0.132. The van der Waals surface area contributed by atoms with Crippen LogP contribution in [0.5, 0.6) is 0 Å². The maximum atomic E-state index is 13.2. The van der Waals surface area contributed by atoms with E-state index < -0.39 is 0 Å². The number of anilines is 1. The van der Waals surface area contributed by atoms with Gasteiger partial charge in [-0.25, -0.2) is 4.98 Å². The van der Waals surface area contributed by atoms with Crippen LogP contribution in [0.2, 0.25) is 0 Å². The molecule has 2 fully saturated rings. The van der Waals surface area contributed by atoms with Crippen molar-refractivity contribution in [1.82, 2.24) is 9.88 Å². The molecule has 5 nitrogen and oxygen atoms in total. The number of nitrogens with zero attached hydrogens (tertiary/aromatic N) is 3. The third kappa shape index (κ3) is 5.29. The second kappa shape index (κ2) is 10.5. The van der Waals surface area contributed by atoms with Crippen molar-refractivity contribution in [3.63, 3.8) is 0 Å². The first-order valence-electron chi connectivity index (χ1n) is 12.9. The second-order valence-electron chi connectivity index (χ2n) is 9.84. The molecule has 1 atom stereocenters.